The maximum Gasteiger partial charge on any atom is 0.311 e. The highest BCUT2D eigenvalue weighted by Crippen LogP contribution is 2.37. The van der Waals surface area contributed by atoms with E-state index in [2.05, 4.69) is 5.16 Å². The molecular formula is C13H15N3O4. The van der Waals surface area contributed by atoms with Crippen LogP contribution in [0.15, 0.2) is 22.7 Å². The Kier molecular flexibility index (Phi) is 3.60. The fraction of sp³-hybridized carbons (Fsp3) is 0.308. The molecule has 2 rings (SSSR count). The van der Waals surface area contributed by atoms with Crippen LogP contribution in [0, 0.1) is 10.1 Å². The van der Waals surface area contributed by atoms with Gasteiger partial charge in [-0.3, -0.25) is 10.1 Å². The van der Waals surface area contributed by atoms with Gasteiger partial charge in [-0.25, -0.2) is 0 Å². The molecule has 7 nitrogen and oxygen atoms in total. The maximum atomic E-state index is 11.0. The standard InChI is InChI=1S/C13H15N3O4/c1-7(2)11-12(15-20-13(11)14)8-4-5-10(19-3)9(6-8)16(17)18/h4-7H,14H2,1-3H3. The molecule has 0 aliphatic rings. The summed E-state index contributed by atoms with van der Waals surface area (Å²) in [5.74, 6) is 0.521. The first-order valence-electron chi connectivity index (χ1n) is 6.03. The molecule has 7 heteroatoms. The summed E-state index contributed by atoms with van der Waals surface area (Å²) in [5.41, 5.74) is 7.45. The van der Waals surface area contributed by atoms with Crippen LogP contribution in [0.1, 0.15) is 25.3 Å². The maximum absolute atomic E-state index is 11.0. The predicted octanol–water partition coefficient (Wildman–Crippen LogP) is 2.96. The van der Waals surface area contributed by atoms with Gasteiger partial charge >= 0.3 is 5.69 Å². The lowest BCUT2D eigenvalue weighted by molar-refractivity contribution is -0.385. The largest absolute Gasteiger partial charge is 0.490 e. The Balaban J connectivity index is 2.59. The van der Waals surface area contributed by atoms with Crippen LogP contribution in [-0.4, -0.2) is 17.2 Å². The van der Waals surface area contributed by atoms with Crippen molar-refractivity contribution in [1.29, 1.82) is 0 Å². The number of nitrogens with zero attached hydrogens (tertiary/aromatic N) is 2. The monoisotopic (exact) mass is 277 g/mol. The molecule has 0 radical (unpaired) electrons. The number of methoxy groups -OCH3 is 1. The summed E-state index contributed by atoms with van der Waals surface area (Å²) in [4.78, 5) is 10.5. The van der Waals surface area contributed by atoms with Crippen molar-refractivity contribution in [2.45, 2.75) is 19.8 Å². The van der Waals surface area contributed by atoms with E-state index in [0.29, 0.717) is 11.3 Å². The van der Waals surface area contributed by atoms with Crippen LogP contribution in [0.25, 0.3) is 11.3 Å². The second-order valence-corrected chi connectivity index (χ2v) is 4.61. The van der Waals surface area contributed by atoms with E-state index in [9.17, 15) is 10.1 Å². The van der Waals surface area contributed by atoms with Crippen LogP contribution in [0.4, 0.5) is 11.6 Å². The van der Waals surface area contributed by atoms with Gasteiger partial charge in [0, 0.05) is 17.2 Å². The Labute approximate surface area is 115 Å². The average molecular weight is 277 g/mol. The lowest BCUT2D eigenvalue weighted by Crippen LogP contribution is -1.97. The van der Waals surface area contributed by atoms with Gasteiger partial charge in [-0.2, -0.15) is 0 Å². The minimum atomic E-state index is -0.499. The van der Waals surface area contributed by atoms with Crippen LogP contribution in [0.5, 0.6) is 5.75 Å². The van der Waals surface area contributed by atoms with E-state index in [1.807, 2.05) is 13.8 Å². The van der Waals surface area contributed by atoms with E-state index >= 15 is 0 Å². The highest BCUT2D eigenvalue weighted by molar-refractivity contribution is 5.71. The number of hydrogen-bond acceptors (Lipinski definition) is 6. The fourth-order valence-corrected chi connectivity index (χ4v) is 2.06. The van der Waals surface area contributed by atoms with Gasteiger partial charge in [-0.15, -0.1) is 0 Å². The van der Waals surface area contributed by atoms with Gasteiger partial charge in [0.2, 0.25) is 5.88 Å². The highest BCUT2D eigenvalue weighted by atomic mass is 16.6. The van der Waals surface area contributed by atoms with Crippen LogP contribution < -0.4 is 10.5 Å². The molecule has 20 heavy (non-hydrogen) atoms. The Bertz CT molecular complexity index is 649. The molecule has 0 amide bonds. The number of nitrogen functional groups attached to an aromatic ring is 1. The third-order valence-electron chi connectivity index (χ3n) is 2.98. The van der Waals surface area contributed by atoms with Gasteiger partial charge in [0.05, 0.1) is 12.0 Å². The van der Waals surface area contributed by atoms with Crippen molar-refractivity contribution in [1.82, 2.24) is 5.16 Å². The molecule has 0 unspecified atom stereocenters. The average Bonchev–Trinajstić information content (AvgIpc) is 2.79. The summed E-state index contributed by atoms with van der Waals surface area (Å²) < 4.78 is 9.97. The fourth-order valence-electron chi connectivity index (χ4n) is 2.06. The first-order chi connectivity index (χ1) is 9.45. The smallest absolute Gasteiger partial charge is 0.311 e. The van der Waals surface area contributed by atoms with E-state index in [1.54, 1.807) is 6.07 Å². The normalized spacial score (nSPS) is 10.8. The summed E-state index contributed by atoms with van der Waals surface area (Å²) in [7, 11) is 1.38. The quantitative estimate of drug-likeness (QED) is 0.680. The third kappa shape index (κ3) is 2.29. The number of nitro groups is 1. The molecule has 0 atom stereocenters. The first kappa shape index (κ1) is 13.9. The summed E-state index contributed by atoms with van der Waals surface area (Å²) in [6.07, 6.45) is 0. The number of rotatable bonds is 4. The Hall–Kier alpha value is -2.57. The zero-order valence-electron chi connectivity index (χ0n) is 11.4. The molecular weight excluding hydrogens is 262 g/mol. The summed E-state index contributed by atoms with van der Waals surface area (Å²) in [6.45, 7) is 3.90. The number of nitro benzene ring substituents is 1. The van der Waals surface area contributed by atoms with Crippen LogP contribution in [0.3, 0.4) is 0 Å². The van der Waals surface area contributed by atoms with E-state index in [1.165, 1.54) is 19.2 Å². The molecule has 0 fully saturated rings. The van der Waals surface area contributed by atoms with Crippen LogP contribution >= 0.6 is 0 Å². The van der Waals surface area contributed by atoms with Gasteiger partial charge in [0.25, 0.3) is 0 Å². The van der Waals surface area contributed by atoms with Crippen molar-refractivity contribution in [3.63, 3.8) is 0 Å². The molecule has 2 aromatic rings. The van der Waals surface area contributed by atoms with Crippen molar-refractivity contribution >= 4 is 11.6 Å². The number of ether oxygens (including phenoxy) is 1. The zero-order valence-corrected chi connectivity index (χ0v) is 11.4. The van der Waals surface area contributed by atoms with Gasteiger partial charge in [0.15, 0.2) is 5.75 Å². The Morgan fingerprint density at radius 3 is 2.70 bits per heavy atom. The number of benzene rings is 1. The molecule has 0 saturated heterocycles. The topological polar surface area (TPSA) is 104 Å². The summed E-state index contributed by atoms with van der Waals surface area (Å²) in [5, 5.41) is 14.9. The van der Waals surface area contributed by atoms with Crippen molar-refractivity contribution in [2.24, 2.45) is 0 Å². The molecule has 1 aromatic carbocycles. The van der Waals surface area contributed by atoms with Gasteiger partial charge in [-0.05, 0) is 18.1 Å². The van der Waals surface area contributed by atoms with Gasteiger partial charge in [0.1, 0.15) is 5.69 Å². The first-order valence-corrected chi connectivity index (χ1v) is 6.03. The molecule has 0 aliphatic heterocycles. The SMILES string of the molecule is COc1ccc(-c2noc(N)c2C(C)C)cc1[N+](=O)[O-]. The second-order valence-electron chi connectivity index (χ2n) is 4.61. The molecule has 1 heterocycles. The molecule has 0 aliphatic carbocycles. The highest BCUT2D eigenvalue weighted by Gasteiger charge is 2.22. The lowest BCUT2D eigenvalue weighted by Gasteiger charge is -2.07. The van der Waals surface area contributed by atoms with E-state index < -0.39 is 4.92 Å². The number of nitrogens with two attached hydrogens (primary N) is 1. The molecule has 1 aromatic heterocycles. The molecule has 0 spiro atoms. The van der Waals surface area contributed by atoms with Crippen molar-refractivity contribution < 1.29 is 14.2 Å². The third-order valence-corrected chi connectivity index (χ3v) is 2.98. The molecule has 0 bridgehead atoms. The summed E-state index contributed by atoms with van der Waals surface area (Å²) >= 11 is 0. The molecule has 2 N–H and O–H groups in total. The number of hydrogen-bond donors (Lipinski definition) is 1. The summed E-state index contributed by atoms with van der Waals surface area (Å²) in [6, 6.07) is 4.62. The number of anilines is 1. The minimum Gasteiger partial charge on any atom is -0.490 e. The van der Waals surface area contributed by atoms with E-state index in [0.717, 1.165) is 5.56 Å². The van der Waals surface area contributed by atoms with Crippen molar-refractivity contribution in [3.8, 4) is 17.0 Å². The van der Waals surface area contributed by atoms with Gasteiger partial charge in [-0.1, -0.05) is 19.0 Å². The van der Waals surface area contributed by atoms with Gasteiger partial charge < -0.3 is 15.0 Å². The van der Waals surface area contributed by atoms with E-state index in [-0.39, 0.29) is 23.2 Å². The lowest BCUT2D eigenvalue weighted by atomic mass is 9.98. The Morgan fingerprint density at radius 1 is 1.45 bits per heavy atom. The Morgan fingerprint density at radius 2 is 2.15 bits per heavy atom. The second kappa shape index (κ2) is 5.20. The molecule has 106 valence electrons. The van der Waals surface area contributed by atoms with Crippen molar-refractivity contribution in [2.75, 3.05) is 12.8 Å². The molecule has 0 saturated carbocycles. The predicted molar refractivity (Wildman–Crippen MR) is 73.6 cm³/mol. The number of aromatic nitrogens is 1. The van der Waals surface area contributed by atoms with E-state index in [4.69, 9.17) is 15.0 Å². The minimum absolute atomic E-state index is 0.0948. The zero-order chi connectivity index (χ0) is 14.9. The van der Waals surface area contributed by atoms with Crippen LogP contribution in [0.2, 0.25) is 0 Å². The van der Waals surface area contributed by atoms with Crippen LogP contribution in [-0.2, 0) is 0 Å². The van der Waals surface area contributed by atoms with Crippen molar-refractivity contribution in [3.05, 3.63) is 33.9 Å².